The summed E-state index contributed by atoms with van der Waals surface area (Å²) in [5.74, 6) is -3.92. The highest BCUT2D eigenvalue weighted by Gasteiger charge is 2.19. The fourth-order valence-electron chi connectivity index (χ4n) is 2.01. The predicted molar refractivity (Wildman–Crippen MR) is 74.3 cm³/mol. The standard InChI is InChI=1S/C14H7F2NO3S/c15-9-5-8(14(19)20)11(6-10(9)16)17-13(18)7-3-1-2-4-12(7)21-17/h1-6H,(H,19,20). The summed E-state index contributed by atoms with van der Waals surface area (Å²) in [5.41, 5.74) is -1.13. The highest BCUT2D eigenvalue weighted by atomic mass is 32.1. The van der Waals surface area contributed by atoms with E-state index < -0.39 is 28.7 Å². The van der Waals surface area contributed by atoms with Gasteiger partial charge in [0.1, 0.15) is 0 Å². The zero-order valence-corrected chi connectivity index (χ0v) is 11.2. The number of nitrogens with zero attached hydrogens (tertiary/aromatic N) is 1. The number of hydrogen-bond acceptors (Lipinski definition) is 3. The van der Waals surface area contributed by atoms with Crippen LogP contribution in [0.4, 0.5) is 8.78 Å². The van der Waals surface area contributed by atoms with Crippen LogP contribution in [-0.2, 0) is 0 Å². The zero-order chi connectivity index (χ0) is 15.1. The second-order valence-corrected chi connectivity index (χ2v) is 5.26. The molecule has 1 N–H and O–H groups in total. The van der Waals surface area contributed by atoms with E-state index in [1.165, 1.54) is 0 Å². The lowest BCUT2D eigenvalue weighted by Crippen LogP contribution is -2.15. The molecule has 0 saturated heterocycles. The molecule has 0 fully saturated rings. The van der Waals surface area contributed by atoms with Crippen LogP contribution in [0.1, 0.15) is 10.4 Å². The first-order valence-corrected chi connectivity index (χ1v) is 6.60. The van der Waals surface area contributed by atoms with E-state index in [1.807, 2.05) is 0 Å². The van der Waals surface area contributed by atoms with Gasteiger partial charge in [-0.2, -0.15) is 0 Å². The van der Waals surface area contributed by atoms with Crippen LogP contribution in [0, 0.1) is 11.6 Å². The molecule has 0 amide bonds. The Kier molecular flexibility index (Phi) is 3.06. The number of carboxylic acid groups (broad SMARTS) is 1. The van der Waals surface area contributed by atoms with Gasteiger partial charge in [-0.3, -0.25) is 4.79 Å². The second-order valence-electron chi connectivity index (χ2n) is 4.28. The third kappa shape index (κ3) is 2.11. The predicted octanol–water partition coefficient (Wildman–Crippen LogP) is 3.03. The number of fused-ring (bicyclic) bond motifs is 1. The van der Waals surface area contributed by atoms with Gasteiger partial charge in [-0.05, 0) is 18.2 Å². The van der Waals surface area contributed by atoms with Crippen molar-refractivity contribution in [2.45, 2.75) is 0 Å². The second kappa shape index (κ2) is 4.78. The average Bonchev–Trinajstić information content (AvgIpc) is 2.79. The van der Waals surface area contributed by atoms with Crippen molar-refractivity contribution in [3.05, 3.63) is 63.9 Å². The fraction of sp³-hybridized carbons (Fsp3) is 0. The normalized spacial score (nSPS) is 11.0. The van der Waals surface area contributed by atoms with Crippen molar-refractivity contribution in [2.75, 3.05) is 0 Å². The molecule has 3 rings (SSSR count). The Morgan fingerprint density at radius 2 is 1.81 bits per heavy atom. The molecular weight excluding hydrogens is 300 g/mol. The molecular formula is C14H7F2NO3S. The monoisotopic (exact) mass is 307 g/mol. The van der Waals surface area contributed by atoms with E-state index in [-0.39, 0.29) is 5.69 Å². The first-order valence-electron chi connectivity index (χ1n) is 5.83. The minimum Gasteiger partial charge on any atom is -0.478 e. The Balaban J connectivity index is 2.37. The molecule has 0 aliphatic carbocycles. The number of carbonyl (C=O) groups is 1. The van der Waals surface area contributed by atoms with Gasteiger partial charge in [-0.15, -0.1) is 0 Å². The number of rotatable bonds is 2. The van der Waals surface area contributed by atoms with Crippen LogP contribution in [0.15, 0.2) is 41.2 Å². The summed E-state index contributed by atoms with van der Waals surface area (Å²) < 4.78 is 28.3. The highest BCUT2D eigenvalue weighted by molar-refractivity contribution is 7.14. The molecule has 1 aromatic heterocycles. The Morgan fingerprint density at radius 3 is 2.48 bits per heavy atom. The Bertz CT molecular complexity index is 930. The number of halogens is 2. The van der Waals surface area contributed by atoms with Crippen LogP contribution in [0.25, 0.3) is 15.8 Å². The van der Waals surface area contributed by atoms with E-state index in [4.69, 9.17) is 5.11 Å². The van der Waals surface area contributed by atoms with Crippen LogP contribution in [0.5, 0.6) is 0 Å². The largest absolute Gasteiger partial charge is 0.478 e. The van der Waals surface area contributed by atoms with E-state index in [0.29, 0.717) is 16.2 Å². The van der Waals surface area contributed by atoms with Gasteiger partial charge in [0.05, 0.1) is 21.3 Å². The lowest BCUT2D eigenvalue weighted by molar-refractivity contribution is 0.0696. The van der Waals surface area contributed by atoms with Gasteiger partial charge in [0.15, 0.2) is 11.6 Å². The average molecular weight is 307 g/mol. The lowest BCUT2D eigenvalue weighted by atomic mass is 10.1. The van der Waals surface area contributed by atoms with Gasteiger partial charge >= 0.3 is 5.97 Å². The third-order valence-electron chi connectivity index (χ3n) is 2.98. The van der Waals surface area contributed by atoms with Crippen molar-refractivity contribution in [2.24, 2.45) is 0 Å². The van der Waals surface area contributed by atoms with E-state index in [2.05, 4.69) is 0 Å². The molecule has 3 aromatic rings. The Hall–Kier alpha value is -2.54. The van der Waals surface area contributed by atoms with Crippen LogP contribution >= 0.6 is 11.5 Å². The summed E-state index contributed by atoms with van der Waals surface area (Å²) in [4.78, 5) is 23.4. The molecule has 0 spiro atoms. The summed E-state index contributed by atoms with van der Waals surface area (Å²) in [6.07, 6.45) is 0. The molecule has 0 radical (unpaired) electrons. The molecule has 4 nitrogen and oxygen atoms in total. The van der Waals surface area contributed by atoms with Gasteiger partial charge in [0, 0.05) is 6.07 Å². The van der Waals surface area contributed by atoms with Crippen molar-refractivity contribution < 1.29 is 18.7 Å². The summed E-state index contributed by atoms with van der Waals surface area (Å²) in [6, 6.07) is 7.97. The molecule has 0 bridgehead atoms. The van der Waals surface area contributed by atoms with Crippen LogP contribution in [0.3, 0.4) is 0 Å². The summed E-state index contributed by atoms with van der Waals surface area (Å²) >= 11 is 0.975. The molecule has 0 aliphatic rings. The third-order valence-corrected chi connectivity index (χ3v) is 4.08. The Morgan fingerprint density at radius 1 is 1.14 bits per heavy atom. The zero-order valence-electron chi connectivity index (χ0n) is 10.3. The Labute approximate surface area is 120 Å². The number of carboxylic acids is 1. The summed E-state index contributed by atoms with van der Waals surface area (Å²) in [7, 11) is 0. The van der Waals surface area contributed by atoms with Gasteiger partial charge < -0.3 is 5.11 Å². The molecule has 0 unspecified atom stereocenters. The van der Waals surface area contributed by atoms with Gasteiger partial charge in [-0.25, -0.2) is 17.5 Å². The van der Waals surface area contributed by atoms with Gasteiger partial charge in [0.2, 0.25) is 0 Å². The molecule has 7 heteroatoms. The lowest BCUT2D eigenvalue weighted by Gasteiger charge is -2.06. The molecule has 0 atom stereocenters. The van der Waals surface area contributed by atoms with Crippen LogP contribution in [-0.4, -0.2) is 15.0 Å². The smallest absolute Gasteiger partial charge is 0.337 e. The van der Waals surface area contributed by atoms with Crippen molar-refractivity contribution in [1.29, 1.82) is 0 Å². The molecule has 0 saturated carbocycles. The molecule has 0 aliphatic heterocycles. The fourth-order valence-corrected chi connectivity index (χ4v) is 3.03. The minimum absolute atomic E-state index is 0.187. The summed E-state index contributed by atoms with van der Waals surface area (Å²) in [6.45, 7) is 0. The number of hydrogen-bond donors (Lipinski definition) is 1. The van der Waals surface area contributed by atoms with E-state index in [0.717, 1.165) is 21.6 Å². The maximum atomic E-state index is 13.4. The van der Waals surface area contributed by atoms with Crippen molar-refractivity contribution in [3.8, 4) is 5.69 Å². The number of benzene rings is 2. The van der Waals surface area contributed by atoms with Crippen molar-refractivity contribution in [1.82, 2.24) is 3.96 Å². The molecule has 1 heterocycles. The molecule has 2 aromatic carbocycles. The first-order chi connectivity index (χ1) is 9.99. The molecule has 106 valence electrons. The SMILES string of the molecule is O=C(O)c1cc(F)c(F)cc1-n1sc2ccccc2c1=O. The van der Waals surface area contributed by atoms with Crippen LogP contribution in [0.2, 0.25) is 0 Å². The van der Waals surface area contributed by atoms with Gasteiger partial charge in [-0.1, -0.05) is 23.7 Å². The maximum absolute atomic E-state index is 13.4. The van der Waals surface area contributed by atoms with E-state index in [9.17, 15) is 18.4 Å². The topological polar surface area (TPSA) is 59.3 Å². The maximum Gasteiger partial charge on any atom is 0.337 e. The number of aromatic carboxylic acids is 1. The van der Waals surface area contributed by atoms with Crippen molar-refractivity contribution >= 4 is 27.6 Å². The summed E-state index contributed by atoms with van der Waals surface area (Å²) in [5, 5.41) is 9.50. The molecule has 21 heavy (non-hydrogen) atoms. The van der Waals surface area contributed by atoms with Gasteiger partial charge in [0.25, 0.3) is 5.56 Å². The van der Waals surface area contributed by atoms with Crippen molar-refractivity contribution in [3.63, 3.8) is 0 Å². The van der Waals surface area contributed by atoms with E-state index >= 15 is 0 Å². The first kappa shape index (κ1) is 13.4. The van der Waals surface area contributed by atoms with E-state index in [1.54, 1.807) is 24.3 Å². The number of aromatic nitrogens is 1. The highest BCUT2D eigenvalue weighted by Crippen LogP contribution is 2.24. The van der Waals surface area contributed by atoms with Crippen LogP contribution < -0.4 is 5.56 Å². The minimum atomic E-state index is -1.44. The quantitative estimate of drug-likeness (QED) is 0.791.